The van der Waals surface area contributed by atoms with Gasteiger partial charge in [0.05, 0.1) is 11.0 Å². The Morgan fingerprint density at radius 2 is 2.00 bits per heavy atom. The predicted octanol–water partition coefficient (Wildman–Crippen LogP) is 2.76. The molecule has 1 saturated carbocycles. The molecule has 0 aromatic heterocycles. The lowest BCUT2D eigenvalue weighted by Crippen LogP contribution is -2.35. The largest absolute Gasteiger partial charge is 0.314 e. The average molecular weight is 275 g/mol. The van der Waals surface area contributed by atoms with Gasteiger partial charge in [0.1, 0.15) is 0 Å². The van der Waals surface area contributed by atoms with E-state index in [0.717, 1.165) is 19.4 Å². The van der Waals surface area contributed by atoms with Gasteiger partial charge in [-0.15, -0.1) is 0 Å². The number of nitrogens with one attached hydrogen (secondary N) is 1. The molecule has 1 rings (SSSR count). The molecule has 18 heavy (non-hydrogen) atoms. The Hall–Kier alpha value is -0.0900. The molecule has 0 bridgehead atoms. The monoisotopic (exact) mass is 275 g/mol. The minimum Gasteiger partial charge on any atom is -0.314 e. The fourth-order valence-electron chi connectivity index (χ4n) is 2.65. The Kier molecular flexibility index (Phi) is 6.64. The first-order valence-corrected chi connectivity index (χ1v) is 9.12. The fraction of sp³-hybridized carbons (Fsp3) is 1.00. The molecule has 0 aliphatic heterocycles. The lowest BCUT2D eigenvalue weighted by atomic mass is 9.84. The van der Waals surface area contributed by atoms with E-state index < -0.39 is 9.84 Å². The summed E-state index contributed by atoms with van der Waals surface area (Å²) in [4.78, 5) is 0. The molecule has 2 atom stereocenters. The number of hydrogen-bond donors (Lipinski definition) is 1. The summed E-state index contributed by atoms with van der Waals surface area (Å²) in [7, 11) is -2.85. The van der Waals surface area contributed by atoms with Crippen molar-refractivity contribution in [3.05, 3.63) is 0 Å². The van der Waals surface area contributed by atoms with Crippen LogP contribution in [0.25, 0.3) is 0 Å². The first-order chi connectivity index (χ1) is 8.45. The quantitative estimate of drug-likeness (QED) is 0.777. The third kappa shape index (κ3) is 5.27. The summed E-state index contributed by atoms with van der Waals surface area (Å²) < 4.78 is 23.6. The summed E-state index contributed by atoms with van der Waals surface area (Å²) in [6, 6.07) is 0.616. The van der Waals surface area contributed by atoms with E-state index in [-0.39, 0.29) is 5.25 Å². The van der Waals surface area contributed by atoms with Gasteiger partial charge in [0, 0.05) is 6.04 Å². The van der Waals surface area contributed by atoms with E-state index >= 15 is 0 Å². The van der Waals surface area contributed by atoms with Crippen LogP contribution < -0.4 is 5.32 Å². The van der Waals surface area contributed by atoms with Crippen LogP contribution in [0.4, 0.5) is 0 Å². The van der Waals surface area contributed by atoms with E-state index in [1.165, 1.54) is 25.7 Å². The maximum absolute atomic E-state index is 11.8. The molecular formula is C14H29NO2S. The van der Waals surface area contributed by atoms with E-state index in [1.54, 1.807) is 13.8 Å². The second kappa shape index (κ2) is 7.49. The van der Waals surface area contributed by atoms with Crippen molar-refractivity contribution in [1.82, 2.24) is 5.32 Å². The highest BCUT2D eigenvalue weighted by Crippen LogP contribution is 2.27. The standard InChI is InChI=1S/C14H29NO2S/c1-4-9-15-14-7-5-6-13(11-14)8-10-18(16,17)12(2)3/h12-15H,4-11H2,1-3H3. The van der Waals surface area contributed by atoms with Crippen molar-refractivity contribution in [1.29, 1.82) is 0 Å². The lowest BCUT2D eigenvalue weighted by molar-refractivity contribution is 0.280. The van der Waals surface area contributed by atoms with Crippen LogP contribution in [0.1, 0.15) is 59.3 Å². The first kappa shape index (κ1) is 16.0. The summed E-state index contributed by atoms with van der Waals surface area (Å²) in [5, 5.41) is 3.34. The SMILES string of the molecule is CCCNC1CCCC(CCS(=O)(=O)C(C)C)C1. The van der Waals surface area contributed by atoms with Crippen LogP contribution in [-0.4, -0.2) is 32.0 Å². The molecule has 0 aromatic carbocycles. The van der Waals surface area contributed by atoms with E-state index in [0.29, 0.717) is 17.7 Å². The van der Waals surface area contributed by atoms with Crippen molar-refractivity contribution in [2.24, 2.45) is 5.92 Å². The summed E-state index contributed by atoms with van der Waals surface area (Å²) >= 11 is 0. The maximum Gasteiger partial charge on any atom is 0.152 e. The molecule has 0 saturated heterocycles. The molecule has 0 aromatic rings. The van der Waals surface area contributed by atoms with Gasteiger partial charge in [-0.25, -0.2) is 8.42 Å². The molecule has 0 amide bonds. The lowest BCUT2D eigenvalue weighted by Gasteiger charge is -2.30. The van der Waals surface area contributed by atoms with Crippen LogP contribution in [0, 0.1) is 5.92 Å². The zero-order valence-corrected chi connectivity index (χ0v) is 12.9. The highest BCUT2D eigenvalue weighted by atomic mass is 32.2. The van der Waals surface area contributed by atoms with Crippen LogP contribution in [0.15, 0.2) is 0 Å². The van der Waals surface area contributed by atoms with Gasteiger partial charge in [-0.2, -0.15) is 0 Å². The van der Waals surface area contributed by atoms with E-state index in [2.05, 4.69) is 12.2 Å². The van der Waals surface area contributed by atoms with Crippen molar-refractivity contribution in [3.63, 3.8) is 0 Å². The van der Waals surface area contributed by atoms with Crippen molar-refractivity contribution < 1.29 is 8.42 Å². The molecule has 2 unspecified atom stereocenters. The van der Waals surface area contributed by atoms with Crippen molar-refractivity contribution in [2.45, 2.75) is 70.6 Å². The Labute approximate surface area is 113 Å². The molecule has 0 heterocycles. The third-order valence-electron chi connectivity index (χ3n) is 3.99. The maximum atomic E-state index is 11.8. The normalized spacial score (nSPS) is 25.6. The van der Waals surface area contributed by atoms with Crippen LogP contribution >= 0.6 is 0 Å². The first-order valence-electron chi connectivity index (χ1n) is 7.40. The predicted molar refractivity (Wildman–Crippen MR) is 77.6 cm³/mol. The number of rotatable bonds is 7. The summed E-state index contributed by atoms with van der Waals surface area (Å²) in [5.41, 5.74) is 0. The van der Waals surface area contributed by atoms with Gasteiger partial charge in [-0.05, 0) is 52.0 Å². The molecule has 1 N–H and O–H groups in total. The Morgan fingerprint density at radius 1 is 1.28 bits per heavy atom. The highest BCUT2D eigenvalue weighted by molar-refractivity contribution is 7.91. The van der Waals surface area contributed by atoms with Crippen molar-refractivity contribution in [2.75, 3.05) is 12.3 Å². The third-order valence-corrected chi connectivity index (χ3v) is 6.24. The average Bonchev–Trinajstić information content (AvgIpc) is 2.34. The molecule has 0 radical (unpaired) electrons. The van der Waals surface area contributed by atoms with Gasteiger partial charge in [0.2, 0.25) is 0 Å². The Balaban J connectivity index is 2.34. The molecule has 1 aliphatic rings. The summed E-state index contributed by atoms with van der Waals surface area (Å²) in [6.45, 7) is 6.83. The van der Waals surface area contributed by atoms with Gasteiger partial charge in [-0.1, -0.05) is 19.8 Å². The van der Waals surface area contributed by atoms with Crippen LogP contribution in [0.5, 0.6) is 0 Å². The fourth-order valence-corrected chi connectivity index (χ4v) is 3.79. The van der Waals surface area contributed by atoms with Gasteiger partial charge in [-0.3, -0.25) is 0 Å². The molecule has 1 aliphatic carbocycles. The zero-order valence-electron chi connectivity index (χ0n) is 12.1. The van der Waals surface area contributed by atoms with Crippen LogP contribution in [0.3, 0.4) is 0 Å². The second-order valence-corrected chi connectivity index (χ2v) is 8.56. The minimum absolute atomic E-state index is 0.227. The molecule has 4 heteroatoms. The molecule has 108 valence electrons. The minimum atomic E-state index is -2.85. The summed E-state index contributed by atoms with van der Waals surface area (Å²) in [5.74, 6) is 0.970. The molecule has 1 fully saturated rings. The second-order valence-electron chi connectivity index (χ2n) is 5.89. The van der Waals surface area contributed by atoms with E-state index in [9.17, 15) is 8.42 Å². The zero-order chi connectivity index (χ0) is 13.6. The van der Waals surface area contributed by atoms with Gasteiger partial charge in [0.25, 0.3) is 0 Å². The summed E-state index contributed by atoms with van der Waals surface area (Å²) in [6.07, 6.45) is 6.89. The highest BCUT2D eigenvalue weighted by Gasteiger charge is 2.24. The van der Waals surface area contributed by atoms with Crippen LogP contribution in [0.2, 0.25) is 0 Å². The molecule has 3 nitrogen and oxygen atoms in total. The Morgan fingerprint density at radius 3 is 2.61 bits per heavy atom. The number of hydrogen-bond acceptors (Lipinski definition) is 3. The van der Waals surface area contributed by atoms with E-state index in [4.69, 9.17) is 0 Å². The molecule has 0 spiro atoms. The van der Waals surface area contributed by atoms with Crippen molar-refractivity contribution in [3.8, 4) is 0 Å². The van der Waals surface area contributed by atoms with Crippen LogP contribution in [-0.2, 0) is 9.84 Å². The smallest absolute Gasteiger partial charge is 0.152 e. The van der Waals surface area contributed by atoms with Gasteiger partial charge in [0.15, 0.2) is 9.84 Å². The topological polar surface area (TPSA) is 46.2 Å². The number of sulfone groups is 1. The molecular weight excluding hydrogens is 246 g/mol. The Bertz CT molecular complexity index is 325. The van der Waals surface area contributed by atoms with Gasteiger partial charge < -0.3 is 5.32 Å². The van der Waals surface area contributed by atoms with E-state index in [1.807, 2.05) is 0 Å². The van der Waals surface area contributed by atoms with Gasteiger partial charge >= 0.3 is 0 Å². The van der Waals surface area contributed by atoms with Crippen molar-refractivity contribution >= 4 is 9.84 Å².